The van der Waals surface area contributed by atoms with Gasteiger partial charge in [0.05, 0.1) is 11.0 Å². The third-order valence-electron chi connectivity index (χ3n) is 5.01. The van der Waals surface area contributed by atoms with Gasteiger partial charge in [0.25, 0.3) is 0 Å². The van der Waals surface area contributed by atoms with Crippen molar-refractivity contribution in [1.29, 1.82) is 0 Å². The lowest BCUT2D eigenvalue weighted by molar-refractivity contribution is -0.132. The Hall–Kier alpha value is -2.33. The number of para-hydroxylation sites is 2. The molecule has 1 saturated heterocycles. The van der Waals surface area contributed by atoms with E-state index in [0.717, 1.165) is 53.4 Å². The molecule has 1 aliphatic heterocycles. The Morgan fingerprint density at radius 2 is 1.73 bits per heavy atom. The molecule has 4 nitrogen and oxygen atoms in total. The van der Waals surface area contributed by atoms with Crippen molar-refractivity contribution < 1.29 is 4.79 Å². The molecule has 0 bridgehead atoms. The highest BCUT2D eigenvalue weighted by Crippen LogP contribution is 2.20. The minimum Gasteiger partial charge on any atom is -0.341 e. The molecule has 134 valence electrons. The maximum absolute atomic E-state index is 12.8. The van der Waals surface area contributed by atoms with Crippen LogP contribution in [0.5, 0.6) is 0 Å². The van der Waals surface area contributed by atoms with Crippen molar-refractivity contribution in [2.45, 2.75) is 32.2 Å². The highest BCUT2D eigenvalue weighted by atomic mass is 35.5. The third-order valence-corrected chi connectivity index (χ3v) is 5.26. The van der Waals surface area contributed by atoms with Crippen LogP contribution in [-0.2, 0) is 17.8 Å². The molecule has 0 unspecified atom stereocenters. The van der Waals surface area contributed by atoms with Crippen LogP contribution in [0.3, 0.4) is 0 Å². The number of amides is 1. The summed E-state index contributed by atoms with van der Waals surface area (Å²) in [6, 6.07) is 15.8. The monoisotopic (exact) mass is 367 g/mol. The second-order valence-corrected chi connectivity index (χ2v) is 7.28. The van der Waals surface area contributed by atoms with Gasteiger partial charge in [0, 0.05) is 24.5 Å². The maximum atomic E-state index is 12.8. The average molecular weight is 368 g/mol. The zero-order chi connectivity index (χ0) is 17.9. The lowest BCUT2D eigenvalue weighted by atomic mass is 10.1. The van der Waals surface area contributed by atoms with Crippen LogP contribution in [0.1, 0.15) is 30.7 Å². The fourth-order valence-electron chi connectivity index (χ4n) is 3.60. The molecule has 2 heterocycles. The lowest BCUT2D eigenvalue weighted by Crippen LogP contribution is -2.38. The summed E-state index contributed by atoms with van der Waals surface area (Å²) in [4.78, 5) is 19.6. The number of halogens is 1. The molecular formula is C21H22ClN3O. The molecule has 1 aliphatic rings. The Morgan fingerprint density at radius 1 is 1.00 bits per heavy atom. The number of carbonyl (C=O) groups is 1. The zero-order valence-electron chi connectivity index (χ0n) is 14.7. The Kier molecular flexibility index (Phi) is 4.93. The third kappa shape index (κ3) is 3.61. The number of rotatable bonds is 4. The van der Waals surface area contributed by atoms with Crippen LogP contribution in [0, 0.1) is 0 Å². The van der Waals surface area contributed by atoms with Crippen LogP contribution in [0.25, 0.3) is 11.0 Å². The van der Waals surface area contributed by atoms with Gasteiger partial charge in [0.1, 0.15) is 12.4 Å². The molecule has 26 heavy (non-hydrogen) atoms. The standard InChI is InChI=1S/C21H22ClN3O/c22-17-10-8-16(9-11-17)14-20-23-18-6-2-3-7-19(18)25(20)15-21(26)24-12-4-1-5-13-24/h2-3,6-11H,1,4-5,12-15H2. The average Bonchev–Trinajstić information content (AvgIpc) is 3.01. The van der Waals surface area contributed by atoms with E-state index in [1.54, 1.807) is 0 Å². The summed E-state index contributed by atoms with van der Waals surface area (Å²) in [6.07, 6.45) is 4.11. The first-order chi connectivity index (χ1) is 12.7. The molecule has 5 heteroatoms. The maximum Gasteiger partial charge on any atom is 0.242 e. The van der Waals surface area contributed by atoms with Gasteiger partial charge < -0.3 is 9.47 Å². The summed E-state index contributed by atoms with van der Waals surface area (Å²) in [6.45, 7) is 2.10. The predicted octanol–water partition coefficient (Wildman–Crippen LogP) is 4.29. The van der Waals surface area contributed by atoms with E-state index in [0.29, 0.717) is 13.0 Å². The zero-order valence-corrected chi connectivity index (χ0v) is 15.5. The highest BCUT2D eigenvalue weighted by molar-refractivity contribution is 6.30. The number of hydrogen-bond acceptors (Lipinski definition) is 2. The van der Waals surface area contributed by atoms with E-state index in [4.69, 9.17) is 16.6 Å². The Balaban J connectivity index is 1.65. The van der Waals surface area contributed by atoms with Gasteiger partial charge in [-0.3, -0.25) is 4.79 Å². The minimum absolute atomic E-state index is 0.185. The predicted molar refractivity (Wildman–Crippen MR) is 104 cm³/mol. The smallest absolute Gasteiger partial charge is 0.242 e. The topological polar surface area (TPSA) is 38.1 Å². The molecular weight excluding hydrogens is 346 g/mol. The van der Waals surface area contributed by atoms with Crippen molar-refractivity contribution in [3.8, 4) is 0 Å². The van der Waals surface area contributed by atoms with Gasteiger partial charge in [-0.05, 0) is 49.1 Å². The summed E-state index contributed by atoms with van der Waals surface area (Å²) >= 11 is 5.99. The molecule has 0 radical (unpaired) electrons. The molecule has 1 amide bonds. The Labute approximate surface area is 158 Å². The number of benzene rings is 2. The van der Waals surface area contributed by atoms with E-state index < -0.39 is 0 Å². The summed E-state index contributed by atoms with van der Waals surface area (Å²) in [5.41, 5.74) is 3.08. The van der Waals surface area contributed by atoms with Gasteiger partial charge in [0.2, 0.25) is 5.91 Å². The molecule has 1 fully saturated rings. The van der Waals surface area contributed by atoms with Crippen molar-refractivity contribution in [3.05, 3.63) is 64.9 Å². The van der Waals surface area contributed by atoms with Crippen molar-refractivity contribution >= 4 is 28.5 Å². The van der Waals surface area contributed by atoms with Gasteiger partial charge in [0.15, 0.2) is 0 Å². The van der Waals surface area contributed by atoms with Gasteiger partial charge in [-0.25, -0.2) is 4.98 Å². The van der Waals surface area contributed by atoms with Crippen LogP contribution in [0.15, 0.2) is 48.5 Å². The van der Waals surface area contributed by atoms with E-state index in [1.807, 2.05) is 53.4 Å². The lowest BCUT2D eigenvalue weighted by Gasteiger charge is -2.27. The number of hydrogen-bond donors (Lipinski definition) is 0. The molecule has 3 aromatic rings. The summed E-state index contributed by atoms with van der Waals surface area (Å²) in [5, 5.41) is 0.725. The van der Waals surface area contributed by atoms with Crippen LogP contribution in [0.2, 0.25) is 5.02 Å². The number of carbonyl (C=O) groups excluding carboxylic acids is 1. The first-order valence-electron chi connectivity index (χ1n) is 9.17. The van der Waals surface area contributed by atoms with Gasteiger partial charge in [-0.1, -0.05) is 35.9 Å². The van der Waals surface area contributed by atoms with Crippen molar-refractivity contribution in [3.63, 3.8) is 0 Å². The first kappa shape index (κ1) is 17.1. The summed E-state index contributed by atoms with van der Waals surface area (Å²) in [7, 11) is 0. The molecule has 0 N–H and O–H groups in total. The SMILES string of the molecule is O=C(Cn1c(Cc2ccc(Cl)cc2)nc2ccccc21)N1CCCCC1. The number of piperidine rings is 1. The fraction of sp³-hybridized carbons (Fsp3) is 0.333. The number of fused-ring (bicyclic) bond motifs is 1. The largest absolute Gasteiger partial charge is 0.341 e. The van der Waals surface area contributed by atoms with Crippen molar-refractivity contribution in [2.24, 2.45) is 0 Å². The number of nitrogens with zero attached hydrogens (tertiary/aromatic N) is 3. The molecule has 0 aliphatic carbocycles. The van der Waals surface area contributed by atoms with E-state index >= 15 is 0 Å². The Bertz CT molecular complexity index is 911. The number of imidazole rings is 1. The number of aromatic nitrogens is 2. The van der Waals surface area contributed by atoms with E-state index in [1.165, 1.54) is 6.42 Å². The molecule has 0 atom stereocenters. The van der Waals surface area contributed by atoms with Crippen LogP contribution in [0.4, 0.5) is 0 Å². The Morgan fingerprint density at radius 3 is 2.50 bits per heavy atom. The molecule has 0 spiro atoms. The molecule has 1 aromatic heterocycles. The van der Waals surface area contributed by atoms with Crippen LogP contribution >= 0.6 is 11.6 Å². The normalized spacial score (nSPS) is 14.7. The van der Waals surface area contributed by atoms with E-state index in [-0.39, 0.29) is 5.91 Å². The van der Waals surface area contributed by atoms with Crippen molar-refractivity contribution in [1.82, 2.24) is 14.5 Å². The van der Waals surface area contributed by atoms with Gasteiger partial charge >= 0.3 is 0 Å². The van der Waals surface area contributed by atoms with Crippen molar-refractivity contribution in [2.75, 3.05) is 13.1 Å². The second-order valence-electron chi connectivity index (χ2n) is 6.85. The summed E-state index contributed by atoms with van der Waals surface area (Å²) < 4.78 is 2.07. The summed E-state index contributed by atoms with van der Waals surface area (Å²) in [5.74, 6) is 1.10. The van der Waals surface area contributed by atoms with E-state index in [9.17, 15) is 4.79 Å². The highest BCUT2D eigenvalue weighted by Gasteiger charge is 2.20. The van der Waals surface area contributed by atoms with E-state index in [2.05, 4.69) is 4.57 Å². The second kappa shape index (κ2) is 7.50. The first-order valence-corrected chi connectivity index (χ1v) is 9.55. The molecule has 0 saturated carbocycles. The van der Waals surface area contributed by atoms with Gasteiger partial charge in [-0.2, -0.15) is 0 Å². The minimum atomic E-state index is 0.185. The van der Waals surface area contributed by atoms with Crippen LogP contribution < -0.4 is 0 Å². The quantitative estimate of drug-likeness (QED) is 0.689. The fourth-order valence-corrected chi connectivity index (χ4v) is 3.73. The van der Waals surface area contributed by atoms with Crippen LogP contribution in [-0.4, -0.2) is 33.4 Å². The van der Waals surface area contributed by atoms with Gasteiger partial charge in [-0.15, -0.1) is 0 Å². The number of likely N-dealkylation sites (tertiary alicyclic amines) is 1. The molecule has 2 aromatic carbocycles. The molecule has 4 rings (SSSR count).